The van der Waals surface area contributed by atoms with Crippen molar-refractivity contribution in [2.24, 2.45) is 0 Å². The number of hydrogen-bond donors (Lipinski definition) is 2. The van der Waals surface area contributed by atoms with E-state index in [4.69, 9.17) is 11.6 Å². The molecule has 0 heterocycles. The second-order valence-electron chi connectivity index (χ2n) is 5.21. The summed E-state index contributed by atoms with van der Waals surface area (Å²) in [5.41, 5.74) is 1.57. The normalized spacial score (nSPS) is 11.6. The first-order valence-electron chi connectivity index (χ1n) is 7.44. The van der Waals surface area contributed by atoms with E-state index in [1.54, 1.807) is 24.3 Å². The number of nitrogens with one attached hydrogen (secondary N) is 2. The van der Waals surface area contributed by atoms with Crippen LogP contribution < -0.4 is 10.6 Å². The molecule has 0 unspecified atom stereocenters. The minimum Gasteiger partial charge on any atom is -0.352 e. The van der Waals surface area contributed by atoms with E-state index in [-0.39, 0.29) is 30.8 Å². The van der Waals surface area contributed by atoms with E-state index in [0.717, 1.165) is 5.56 Å². The van der Waals surface area contributed by atoms with Crippen molar-refractivity contribution in [1.29, 1.82) is 0 Å². The molecule has 0 radical (unpaired) electrons. The molecule has 4 nitrogen and oxygen atoms in total. The Kier molecular flexibility index (Phi) is 6.18. The third-order valence-electron chi connectivity index (χ3n) is 3.42. The van der Waals surface area contributed by atoms with Gasteiger partial charge in [0.1, 0.15) is 0 Å². The van der Waals surface area contributed by atoms with E-state index in [0.29, 0.717) is 10.6 Å². The molecule has 23 heavy (non-hydrogen) atoms. The van der Waals surface area contributed by atoms with Crippen LogP contribution in [0.4, 0.5) is 0 Å². The average molecular weight is 331 g/mol. The van der Waals surface area contributed by atoms with Gasteiger partial charge in [0, 0.05) is 23.6 Å². The maximum Gasteiger partial charge on any atom is 0.251 e. The van der Waals surface area contributed by atoms with Crippen molar-refractivity contribution in [3.63, 3.8) is 0 Å². The monoisotopic (exact) mass is 330 g/mol. The Hall–Kier alpha value is -2.33. The van der Waals surface area contributed by atoms with Crippen molar-refractivity contribution in [3.05, 3.63) is 70.7 Å². The Morgan fingerprint density at radius 2 is 1.70 bits per heavy atom. The summed E-state index contributed by atoms with van der Waals surface area (Å²) in [5.74, 6) is -0.316. The molecule has 0 spiro atoms. The molecule has 0 aromatic heterocycles. The SMILES string of the molecule is C[C@@H](NC(=O)CCNC(=O)c1ccc(Cl)cc1)c1ccccc1. The first kappa shape index (κ1) is 17.0. The minimum atomic E-state index is -0.217. The number of rotatable bonds is 6. The van der Waals surface area contributed by atoms with Crippen LogP contribution in [0.25, 0.3) is 0 Å². The van der Waals surface area contributed by atoms with Gasteiger partial charge in [0.25, 0.3) is 5.91 Å². The Bertz CT molecular complexity index is 656. The van der Waals surface area contributed by atoms with Crippen LogP contribution in [0.2, 0.25) is 5.02 Å². The zero-order chi connectivity index (χ0) is 16.7. The van der Waals surface area contributed by atoms with Crippen molar-refractivity contribution >= 4 is 23.4 Å². The van der Waals surface area contributed by atoms with E-state index < -0.39 is 0 Å². The van der Waals surface area contributed by atoms with E-state index in [2.05, 4.69) is 10.6 Å². The van der Waals surface area contributed by atoms with Gasteiger partial charge in [-0.15, -0.1) is 0 Å². The van der Waals surface area contributed by atoms with E-state index in [9.17, 15) is 9.59 Å². The highest BCUT2D eigenvalue weighted by molar-refractivity contribution is 6.30. The highest BCUT2D eigenvalue weighted by atomic mass is 35.5. The predicted molar refractivity (Wildman–Crippen MR) is 91.4 cm³/mol. The Morgan fingerprint density at radius 3 is 2.35 bits per heavy atom. The van der Waals surface area contributed by atoms with Crippen molar-refractivity contribution in [2.75, 3.05) is 6.54 Å². The van der Waals surface area contributed by atoms with Crippen LogP contribution in [0.1, 0.15) is 35.3 Å². The fourth-order valence-corrected chi connectivity index (χ4v) is 2.26. The van der Waals surface area contributed by atoms with Gasteiger partial charge in [-0.2, -0.15) is 0 Å². The fourth-order valence-electron chi connectivity index (χ4n) is 2.13. The van der Waals surface area contributed by atoms with Crippen LogP contribution in [-0.2, 0) is 4.79 Å². The second-order valence-corrected chi connectivity index (χ2v) is 5.65. The van der Waals surface area contributed by atoms with Gasteiger partial charge in [-0.3, -0.25) is 9.59 Å². The number of benzene rings is 2. The molecule has 5 heteroatoms. The van der Waals surface area contributed by atoms with Crippen LogP contribution >= 0.6 is 11.6 Å². The van der Waals surface area contributed by atoms with E-state index in [1.165, 1.54) is 0 Å². The third kappa shape index (κ3) is 5.42. The molecule has 2 aromatic carbocycles. The Balaban J connectivity index is 1.74. The van der Waals surface area contributed by atoms with Gasteiger partial charge in [-0.25, -0.2) is 0 Å². The van der Waals surface area contributed by atoms with Crippen molar-refractivity contribution in [1.82, 2.24) is 10.6 Å². The Morgan fingerprint density at radius 1 is 1.04 bits per heavy atom. The Labute approximate surface area is 140 Å². The molecule has 0 saturated carbocycles. The number of amides is 2. The lowest BCUT2D eigenvalue weighted by Crippen LogP contribution is -2.32. The second kappa shape index (κ2) is 8.34. The maximum absolute atomic E-state index is 11.9. The molecule has 0 saturated heterocycles. The number of carbonyl (C=O) groups excluding carboxylic acids is 2. The summed E-state index contributed by atoms with van der Waals surface area (Å²) >= 11 is 5.78. The average Bonchev–Trinajstić information content (AvgIpc) is 2.56. The molecule has 2 N–H and O–H groups in total. The van der Waals surface area contributed by atoms with Gasteiger partial charge in [-0.1, -0.05) is 41.9 Å². The summed E-state index contributed by atoms with van der Waals surface area (Å²) in [7, 11) is 0. The number of halogens is 1. The molecule has 0 bridgehead atoms. The lowest BCUT2D eigenvalue weighted by molar-refractivity contribution is -0.121. The molecule has 120 valence electrons. The standard InChI is InChI=1S/C18H19ClN2O2/c1-13(14-5-3-2-4-6-14)21-17(22)11-12-20-18(23)15-7-9-16(19)10-8-15/h2-10,13H,11-12H2,1H3,(H,20,23)(H,21,22)/t13-/m1/s1. The summed E-state index contributed by atoms with van der Waals surface area (Å²) in [6, 6.07) is 16.3. The third-order valence-corrected chi connectivity index (χ3v) is 3.67. The van der Waals surface area contributed by atoms with Gasteiger partial charge < -0.3 is 10.6 Å². The fraction of sp³-hybridized carbons (Fsp3) is 0.222. The topological polar surface area (TPSA) is 58.2 Å². The van der Waals surface area contributed by atoms with E-state index >= 15 is 0 Å². The highest BCUT2D eigenvalue weighted by Crippen LogP contribution is 2.11. The molecule has 2 rings (SSSR count). The van der Waals surface area contributed by atoms with Crippen molar-refractivity contribution in [3.8, 4) is 0 Å². The molecule has 2 aromatic rings. The minimum absolute atomic E-state index is 0.0596. The molecule has 0 aliphatic heterocycles. The zero-order valence-electron chi connectivity index (χ0n) is 12.9. The van der Waals surface area contributed by atoms with E-state index in [1.807, 2.05) is 37.3 Å². The molecule has 2 amide bonds. The van der Waals surface area contributed by atoms with Crippen LogP contribution in [0.5, 0.6) is 0 Å². The van der Waals surface area contributed by atoms with Gasteiger partial charge in [0.2, 0.25) is 5.91 Å². The summed E-state index contributed by atoms with van der Waals surface area (Å²) < 4.78 is 0. The number of carbonyl (C=O) groups is 2. The zero-order valence-corrected chi connectivity index (χ0v) is 13.6. The molecular formula is C18H19ClN2O2. The van der Waals surface area contributed by atoms with Crippen molar-refractivity contribution < 1.29 is 9.59 Å². The van der Waals surface area contributed by atoms with Crippen LogP contribution in [0.3, 0.4) is 0 Å². The van der Waals surface area contributed by atoms with Gasteiger partial charge in [0.15, 0.2) is 0 Å². The van der Waals surface area contributed by atoms with Crippen molar-refractivity contribution in [2.45, 2.75) is 19.4 Å². The smallest absolute Gasteiger partial charge is 0.251 e. The summed E-state index contributed by atoms with van der Waals surface area (Å²) in [6.07, 6.45) is 0.233. The molecule has 1 atom stereocenters. The lowest BCUT2D eigenvalue weighted by atomic mass is 10.1. The summed E-state index contributed by atoms with van der Waals surface area (Å²) in [4.78, 5) is 23.8. The summed E-state index contributed by atoms with van der Waals surface area (Å²) in [5, 5.41) is 6.21. The quantitative estimate of drug-likeness (QED) is 0.853. The molecule has 0 aliphatic rings. The van der Waals surface area contributed by atoms with Gasteiger partial charge in [-0.05, 0) is 36.8 Å². The van der Waals surface area contributed by atoms with Crippen LogP contribution in [-0.4, -0.2) is 18.4 Å². The largest absolute Gasteiger partial charge is 0.352 e. The van der Waals surface area contributed by atoms with Gasteiger partial charge in [0.05, 0.1) is 6.04 Å². The number of hydrogen-bond acceptors (Lipinski definition) is 2. The highest BCUT2D eigenvalue weighted by Gasteiger charge is 2.10. The predicted octanol–water partition coefficient (Wildman–Crippen LogP) is 3.34. The summed E-state index contributed by atoms with van der Waals surface area (Å²) in [6.45, 7) is 2.22. The lowest BCUT2D eigenvalue weighted by Gasteiger charge is -2.14. The van der Waals surface area contributed by atoms with Gasteiger partial charge >= 0.3 is 0 Å². The van der Waals surface area contributed by atoms with Crippen LogP contribution in [0.15, 0.2) is 54.6 Å². The molecule has 0 fully saturated rings. The van der Waals surface area contributed by atoms with Crippen LogP contribution in [0, 0.1) is 0 Å². The molecular weight excluding hydrogens is 312 g/mol. The maximum atomic E-state index is 11.9. The molecule has 0 aliphatic carbocycles. The first-order chi connectivity index (χ1) is 11.1. The first-order valence-corrected chi connectivity index (χ1v) is 7.82.